The number of hydrogen-bond donors (Lipinski definition) is 4. The van der Waals surface area contributed by atoms with Gasteiger partial charge >= 0.3 is 5.97 Å². The lowest BCUT2D eigenvalue weighted by atomic mass is 9.91. The van der Waals surface area contributed by atoms with E-state index in [1.807, 2.05) is 48.5 Å². The molecule has 2 aromatic rings. The first-order valence-corrected chi connectivity index (χ1v) is 11.4. The van der Waals surface area contributed by atoms with E-state index >= 15 is 0 Å². The largest absolute Gasteiger partial charge is 0.481 e. The summed E-state index contributed by atoms with van der Waals surface area (Å²) in [5.74, 6) is -1.62. The average molecular weight is 464 g/mol. The number of amides is 2. The number of aliphatic carboxylic acids is 1. The molecule has 0 radical (unpaired) electrons. The van der Waals surface area contributed by atoms with Crippen molar-refractivity contribution in [2.75, 3.05) is 26.2 Å². The van der Waals surface area contributed by atoms with Crippen LogP contribution in [0.15, 0.2) is 53.5 Å². The molecule has 0 aliphatic carbocycles. The van der Waals surface area contributed by atoms with Crippen LogP contribution in [-0.4, -0.2) is 59.9 Å². The molecule has 2 heterocycles. The number of nitrogens with one attached hydrogen (secondary N) is 3. The Bertz CT molecular complexity index is 1100. The van der Waals surface area contributed by atoms with Crippen molar-refractivity contribution in [1.82, 2.24) is 20.9 Å². The van der Waals surface area contributed by atoms with Gasteiger partial charge in [-0.05, 0) is 28.7 Å². The summed E-state index contributed by atoms with van der Waals surface area (Å²) in [6.07, 6.45) is 0.289. The number of carboxylic acid groups (broad SMARTS) is 1. The van der Waals surface area contributed by atoms with Crippen LogP contribution < -0.4 is 16.0 Å². The van der Waals surface area contributed by atoms with Crippen molar-refractivity contribution in [3.05, 3.63) is 70.8 Å². The number of carbonyl (C=O) groups excluding carboxylic acids is 2. The summed E-state index contributed by atoms with van der Waals surface area (Å²) in [6, 6.07) is 15.3. The van der Waals surface area contributed by atoms with Crippen LogP contribution in [0.1, 0.15) is 34.6 Å². The van der Waals surface area contributed by atoms with Gasteiger partial charge in [0.15, 0.2) is 5.96 Å². The van der Waals surface area contributed by atoms with Crippen LogP contribution in [0.25, 0.3) is 0 Å². The van der Waals surface area contributed by atoms with E-state index in [4.69, 9.17) is 0 Å². The highest BCUT2D eigenvalue weighted by molar-refractivity contribution is 5.91. The van der Waals surface area contributed by atoms with Gasteiger partial charge in [0, 0.05) is 26.2 Å². The molecule has 0 bridgehead atoms. The predicted molar refractivity (Wildman–Crippen MR) is 127 cm³/mol. The van der Waals surface area contributed by atoms with Crippen LogP contribution in [0.2, 0.25) is 0 Å². The van der Waals surface area contributed by atoms with Crippen molar-refractivity contribution in [3.63, 3.8) is 0 Å². The Kier molecular flexibility index (Phi) is 7.41. The molecule has 0 aromatic heterocycles. The van der Waals surface area contributed by atoms with Gasteiger partial charge in [0.25, 0.3) is 0 Å². The number of aliphatic imine (C=N–C) groups is 1. The molecule has 2 aliphatic rings. The Hall–Kier alpha value is -3.88. The molecular weight excluding hydrogens is 434 g/mol. The molecule has 0 spiro atoms. The Balaban J connectivity index is 1.34. The topological polar surface area (TPSA) is 123 Å². The smallest absolute Gasteiger partial charge is 0.304 e. The standard InChI is InChI=1S/C25H29N5O4/c31-22(28-14-17-4-3-5-18(12-17)15-29-25-26-9-10-27-25)16-30-11-8-19-6-1-2-7-20(19)21(24(30)34)13-23(32)33/h1-7,12,21H,8-11,13-16H2,(H,28,31)(H,32,33)(H2,26,27,29). The third-order valence-corrected chi connectivity index (χ3v) is 6.02. The highest BCUT2D eigenvalue weighted by Crippen LogP contribution is 2.29. The van der Waals surface area contributed by atoms with Gasteiger partial charge in [0.05, 0.1) is 25.4 Å². The molecule has 0 fully saturated rings. The van der Waals surface area contributed by atoms with Gasteiger partial charge in [-0.1, -0.05) is 48.5 Å². The Morgan fingerprint density at radius 3 is 2.68 bits per heavy atom. The Morgan fingerprint density at radius 2 is 1.91 bits per heavy atom. The molecule has 0 saturated carbocycles. The highest BCUT2D eigenvalue weighted by atomic mass is 16.4. The van der Waals surface area contributed by atoms with Gasteiger partial charge in [0.1, 0.15) is 0 Å². The Morgan fingerprint density at radius 1 is 1.12 bits per heavy atom. The second kappa shape index (κ2) is 10.8. The molecule has 2 aromatic carbocycles. The van der Waals surface area contributed by atoms with E-state index in [0.717, 1.165) is 41.3 Å². The maximum Gasteiger partial charge on any atom is 0.304 e. The minimum absolute atomic E-state index is 0.102. The fourth-order valence-corrected chi connectivity index (χ4v) is 4.33. The molecule has 9 nitrogen and oxygen atoms in total. The maximum atomic E-state index is 13.1. The number of hydrogen-bond acceptors (Lipinski definition) is 6. The van der Waals surface area contributed by atoms with Crippen molar-refractivity contribution >= 4 is 23.7 Å². The second-order valence-corrected chi connectivity index (χ2v) is 8.47. The molecule has 34 heavy (non-hydrogen) atoms. The number of nitrogens with zero attached hydrogens (tertiary/aromatic N) is 2. The van der Waals surface area contributed by atoms with E-state index in [1.165, 1.54) is 4.90 Å². The summed E-state index contributed by atoms with van der Waals surface area (Å²) in [5.41, 5.74) is 3.71. The van der Waals surface area contributed by atoms with E-state index in [2.05, 4.69) is 20.9 Å². The van der Waals surface area contributed by atoms with E-state index in [9.17, 15) is 19.5 Å². The zero-order valence-electron chi connectivity index (χ0n) is 18.9. The molecule has 0 saturated heterocycles. The molecular formula is C25H29N5O4. The van der Waals surface area contributed by atoms with Gasteiger partial charge < -0.3 is 26.0 Å². The van der Waals surface area contributed by atoms with E-state index < -0.39 is 11.9 Å². The molecule has 1 unspecified atom stereocenters. The van der Waals surface area contributed by atoms with E-state index in [0.29, 0.717) is 26.1 Å². The zero-order chi connectivity index (χ0) is 23.9. The molecule has 4 N–H and O–H groups in total. The summed E-state index contributed by atoms with van der Waals surface area (Å²) in [7, 11) is 0. The van der Waals surface area contributed by atoms with E-state index in [1.54, 1.807) is 0 Å². The molecule has 2 amide bonds. The van der Waals surface area contributed by atoms with Crippen molar-refractivity contribution in [2.45, 2.75) is 31.8 Å². The lowest BCUT2D eigenvalue weighted by molar-refractivity contribution is -0.143. The van der Waals surface area contributed by atoms with Gasteiger partial charge in [-0.25, -0.2) is 0 Å². The number of benzene rings is 2. The summed E-state index contributed by atoms with van der Waals surface area (Å²) in [5, 5.41) is 18.6. The van der Waals surface area contributed by atoms with Crippen molar-refractivity contribution < 1.29 is 19.5 Å². The monoisotopic (exact) mass is 463 g/mol. The third kappa shape index (κ3) is 5.92. The molecule has 178 valence electrons. The fraction of sp³-hybridized carbons (Fsp3) is 0.360. The van der Waals surface area contributed by atoms with Crippen LogP contribution in [0.4, 0.5) is 0 Å². The molecule has 2 aliphatic heterocycles. The number of carboxylic acids is 1. The zero-order valence-corrected chi connectivity index (χ0v) is 18.9. The van der Waals surface area contributed by atoms with Crippen LogP contribution in [0, 0.1) is 0 Å². The maximum absolute atomic E-state index is 13.1. The van der Waals surface area contributed by atoms with Crippen LogP contribution in [0.5, 0.6) is 0 Å². The molecule has 4 rings (SSSR count). The first kappa shape index (κ1) is 23.3. The summed E-state index contributed by atoms with van der Waals surface area (Å²) in [4.78, 5) is 43.0. The minimum Gasteiger partial charge on any atom is -0.481 e. The number of carbonyl (C=O) groups is 3. The first-order valence-electron chi connectivity index (χ1n) is 11.4. The average Bonchev–Trinajstić information content (AvgIpc) is 3.32. The predicted octanol–water partition coefficient (Wildman–Crippen LogP) is 0.995. The number of fused-ring (bicyclic) bond motifs is 1. The third-order valence-electron chi connectivity index (χ3n) is 6.02. The summed E-state index contributed by atoms with van der Waals surface area (Å²) >= 11 is 0. The lowest BCUT2D eigenvalue weighted by Crippen LogP contribution is -2.42. The van der Waals surface area contributed by atoms with Crippen molar-refractivity contribution in [3.8, 4) is 0 Å². The minimum atomic E-state index is -1.04. The number of guanidine groups is 1. The molecule has 1 atom stereocenters. The van der Waals surface area contributed by atoms with Gasteiger partial charge in [-0.15, -0.1) is 0 Å². The SMILES string of the molecule is O=C(O)CC1C(=O)N(CC(=O)NCc2cccc(CNC3=NCCN3)c2)CCc2ccccc21. The normalized spacial score (nSPS) is 17.3. The quantitative estimate of drug-likeness (QED) is 0.463. The number of rotatable bonds is 8. The summed E-state index contributed by atoms with van der Waals surface area (Å²) < 4.78 is 0. The van der Waals surface area contributed by atoms with Gasteiger partial charge in [0.2, 0.25) is 11.8 Å². The Labute approximate surface area is 198 Å². The van der Waals surface area contributed by atoms with Gasteiger partial charge in [-0.3, -0.25) is 19.4 Å². The summed E-state index contributed by atoms with van der Waals surface area (Å²) in [6.45, 7) is 2.86. The lowest BCUT2D eigenvalue weighted by Gasteiger charge is -2.23. The van der Waals surface area contributed by atoms with Crippen molar-refractivity contribution in [2.24, 2.45) is 4.99 Å². The van der Waals surface area contributed by atoms with Crippen LogP contribution in [0.3, 0.4) is 0 Å². The molecule has 9 heteroatoms. The second-order valence-electron chi connectivity index (χ2n) is 8.47. The van der Waals surface area contributed by atoms with Crippen LogP contribution in [-0.2, 0) is 33.9 Å². The van der Waals surface area contributed by atoms with Gasteiger partial charge in [-0.2, -0.15) is 0 Å². The first-order chi connectivity index (χ1) is 16.5. The highest BCUT2D eigenvalue weighted by Gasteiger charge is 2.33. The van der Waals surface area contributed by atoms with Crippen molar-refractivity contribution in [1.29, 1.82) is 0 Å². The van der Waals surface area contributed by atoms with E-state index in [-0.39, 0.29) is 24.8 Å². The fourth-order valence-electron chi connectivity index (χ4n) is 4.33. The van der Waals surface area contributed by atoms with Crippen LogP contribution >= 0.6 is 0 Å².